The molecule has 0 aliphatic rings. The van der Waals surface area contributed by atoms with E-state index in [-0.39, 0.29) is 18.5 Å². The number of rotatable bonds is 64. The number of allylic oxidation sites excluding steroid dienone is 2. The summed E-state index contributed by atoms with van der Waals surface area (Å²) >= 11 is 0. The molecule has 1 amide bonds. The van der Waals surface area contributed by atoms with Crippen LogP contribution in [0.5, 0.6) is 0 Å². The lowest BCUT2D eigenvalue weighted by Gasteiger charge is -2.22. The Morgan fingerprint density at radius 3 is 0.959 bits per heavy atom. The molecule has 0 aromatic carbocycles. The smallest absolute Gasteiger partial charge is 0.305 e. The van der Waals surface area contributed by atoms with Crippen molar-refractivity contribution < 1.29 is 24.5 Å². The molecule has 0 radical (unpaired) electrons. The zero-order valence-corrected chi connectivity index (χ0v) is 50.4. The van der Waals surface area contributed by atoms with Crippen LogP contribution in [0.3, 0.4) is 0 Å². The van der Waals surface area contributed by atoms with Crippen LogP contribution in [0.15, 0.2) is 12.2 Å². The second kappa shape index (κ2) is 64.1. The highest BCUT2D eigenvalue weighted by molar-refractivity contribution is 5.76. The molecule has 0 rings (SSSR count). The highest BCUT2D eigenvalue weighted by Crippen LogP contribution is 2.19. The molecule has 0 saturated carbocycles. The van der Waals surface area contributed by atoms with Crippen molar-refractivity contribution in [2.75, 3.05) is 13.2 Å². The minimum Gasteiger partial charge on any atom is -0.466 e. The van der Waals surface area contributed by atoms with E-state index in [1.54, 1.807) is 0 Å². The predicted molar refractivity (Wildman–Crippen MR) is 324 cm³/mol. The van der Waals surface area contributed by atoms with Crippen LogP contribution >= 0.6 is 0 Å². The van der Waals surface area contributed by atoms with Crippen LogP contribution in [0, 0.1) is 0 Å². The summed E-state index contributed by atoms with van der Waals surface area (Å²) in [5.41, 5.74) is 0. The van der Waals surface area contributed by atoms with Gasteiger partial charge in [0.15, 0.2) is 0 Å². The number of hydrogen-bond acceptors (Lipinski definition) is 5. The number of nitrogens with one attached hydrogen (secondary N) is 1. The average Bonchev–Trinajstić information content (AvgIpc) is 3.40. The molecular formula is C68H133NO5. The molecular weight excluding hydrogens is 911 g/mol. The van der Waals surface area contributed by atoms with Gasteiger partial charge in [0.25, 0.3) is 0 Å². The average molecular weight is 1040 g/mol. The third kappa shape index (κ3) is 59.8. The van der Waals surface area contributed by atoms with E-state index in [0.29, 0.717) is 25.9 Å². The van der Waals surface area contributed by atoms with Crippen LogP contribution in [0.2, 0.25) is 0 Å². The molecule has 0 bridgehead atoms. The number of aliphatic hydroxyl groups excluding tert-OH is 2. The molecule has 6 nitrogen and oxygen atoms in total. The quantitative estimate of drug-likeness (QED) is 0.0320. The SMILES string of the molecule is CCCCCCCCCCCCCCCCCCCCCCCCC(O)C(CO)NC(=O)CCCCCCCCC/C=C\CCCCCCCCCCCCCCOC(=O)CCCCCCCCCCCCCC. The molecule has 0 aliphatic heterocycles. The lowest BCUT2D eigenvalue weighted by atomic mass is 10.0. The largest absolute Gasteiger partial charge is 0.466 e. The Kier molecular flexibility index (Phi) is 62.9. The van der Waals surface area contributed by atoms with Crippen LogP contribution in [0.1, 0.15) is 386 Å². The summed E-state index contributed by atoms with van der Waals surface area (Å²) in [4.78, 5) is 24.6. The minimum absolute atomic E-state index is 0.0132. The lowest BCUT2D eigenvalue weighted by molar-refractivity contribution is -0.143. The first kappa shape index (κ1) is 72.6. The van der Waals surface area contributed by atoms with Gasteiger partial charge in [0.2, 0.25) is 5.91 Å². The van der Waals surface area contributed by atoms with Crippen molar-refractivity contribution in [1.82, 2.24) is 5.32 Å². The van der Waals surface area contributed by atoms with Gasteiger partial charge >= 0.3 is 5.97 Å². The summed E-state index contributed by atoms with van der Waals surface area (Å²) in [6.45, 7) is 4.99. The van der Waals surface area contributed by atoms with Gasteiger partial charge < -0.3 is 20.3 Å². The van der Waals surface area contributed by atoms with Gasteiger partial charge in [0.1, 0.15) is 0 Å². The molecule has 0 fully saturated rings. The van der Waals surface area contributed by atoms with E-state index >= 15 is 0 Å². The molecule has 0 heterocycles. The highest BCUT2D eigenvalue weighted by atomic mass is 16.5. The fourth-order valence-corrected chi connectivity index (χ4v) is 10.9. The van der Waals surface area contributed by atoms with Gasteiger partial charge in [-0.2, -0.15) is 0 Å². The van der Waals surface area contributed by atoms with Crippen LogP contribution in [0.25, 0.3) is 0 Å². The molecule has 74 heavy (non-hydrogen) atoms. The number of ether oxygens (including phenoxy) is 1. The Balaban J connectivity index is 3.41. The Bertz CT molecular complexity index is 1110. The Labute approximate surface area is 463 Å². The standard InChI is InChI=1S/C68H133NO5/c1-3-5-7-9-11-13-15-17-18-19-20-21-25-28-31-34-37-40-44-48-52-56-60-66(71)65(64-70)69-67(72)61-57-53-49-45-41-38-35-32-29-26-23-22-24-27-30-33-36-39-43-47-51-55-59-63-74-68(73)62-58-54-50-46-42-16-14-12-10-8-6-4-2/h26,29,65-66,70-71H,3-25,27-28,30-64H2,1-2H3,(H,69,72)/b29-26-. The summed E-state index contributed by atoms with van der Waals surface area (Å²) in [6.07, 6.45) is 78.1. The maximum Gasteiger partial charge on any atom is 0.305 e. The van der Waals surface area contributed by atoms with Crippen LogP contribution in [-0.4, -0.2) is 47.4 Å². The number of amides is 1. The molecule has 3 N–H and O–H groups in total. The van der Waals surface area contributed by atoms with E-state index in [4.69, 9.17) is 4.74 Å². The van der Waals surface area contributed by atoms with Crippen molar-refractivity contribution in [1.29, 1.82) is 0 Å². The van der Waals surface area contributed by atoms with Gasteiger partial charge in [0, 0.05) is 12.8 Å². The van der Waals surface area contributed by atoms with E-state index in [1.165, 1.54) is 315 Å². The molecule has 0 saturated heterocycles. The van der Waals surface area contributed by atoms with Crippen molar-refractivity contribution in [2.24, 2.45) is 0 Å². The van der Waals surface area contributed by atoms with Gasteiger partial charge in [-0.15, -0.1) is 0 Å². The maximum atomic E-state index is 12.5. The van der Waals surface area contributed by atoms with E-state index in [2.05, 4.69) is 31.3 Å². The highest BCUT2D eigenvalue weighted by Gasteiger charge is 2.20. The second-order valence-electron chi connectivity index (χ2n) is 23.5. The summed E-state index contributed by atoms with van der Waals surface area (Å²) in [6, 6.07) is -0.546. The van der Waals surface area contributed by atoms with Crippen LogP contribution in [-0.2, 0) is 14.3 Å². The third-order valence-electron chi connectivity index (χ3n) is 16.1. The van der Waals surface area contributed by atoms with Crippen molar-refractivity contribution in [3.05, 3.63) is 12.2 Å². The normalized spacial score (nSPS) is 12.5. The predicted octanol–water partition coefficient (Wildman–Crippen LogP) is 21.6. The van der Waals surface area contributed by atoms with E-state index < -0.39 is 12.1 Å². The number of hydrogen-bond donors (Lipinski definition) is 3. The fraction of sp³-hybridized carbons (Fsp3) is 0.941. The Morgan fingerprint density at radius 1 is 0.365 bits per heavy atom. The van der Waals surface area contributed by atoms with Crippen molar-refractivity contribution in [2.45, 2.75) is 398 Å². The minimum atomic E-state index is -0.669. The van der Waals surface area contributed by atoms with Gasteiger partial charge in [-0.3, -0.25) is 9.59 Å². The van der Waals surface area contributed by atoms with E-state index in [0.717, 1.165) is 38.5 Å². The van der Waals surface area contributed by atoms with Crippen molar-refractivity contribution in [3.8, 4) is 0 Å². The molecule has 2 unspecified atom stereocenters. The first-order chi connectivity index (χ1) is 36.5. The second-order valence-corrected chi connectivity index (χ2v) is 23.5. The Hall–Kier alpha value is -1.40. The summed E-state index contributed by atoms with van der Waals surface area (Å²) in [5.74, 6) is -0.0234. The molecule has 2 atom stereocenters. The molecule has 440 valence electrons. The van der Waals surface area contributed by atoms with E-state index in [9.17, 15) is 19.8 Å². The first-order valence-corrected chi connectivity index (χ1v) is 33.9. The zero-order chi connectivity index (χ0) is 53.6. The molecule has 0 aromatic heterocycles. The summed E-state index contributed by atoms with van der Waals surface area (Å²) < 4.78 is 5.48. The third-order valence-corrected chi connectivity index (χ3v) is 16.1. The fourth-order valence-electron chi connectivity index (χ4n) is 10.9. The first-order valence-electron chi connectivity index (χ1n) is 33.9. The van der Waals surface area contributed by atoms with Crippen LogP contribution in [0.4, 0.5) is 0 Å². The van der Waals surface area contributed by atoms with Gasteiger partial charge in [-0.05, 0) is 51.4 Å². The number of carbonyl (C=O) groups excluding carboxylic acids is 2. The number of aliphatic hydroxyl groups is 2. The summed E-state index contributed by atoms with van der Waals surface area (Å²) in [5, 5.41) is 23.4. The number of carbonyl (C=O) groups is 2. The number of unbranched alkanes of at least 4 members (excludes halogenated alkanes) is 51. The molecule has 0 aliphatic carbocycles. The van der Waals surface area contributed by atoms with Gasteiger partial charge in [0.05, 0.1) is 25.4 Å². The van der Waals surface area contributed by atoms with Crippen LogP contribution < -0.4 is 5.32 Å². The topological polar surface area (TPSA) is 95.9 Å². The van der Waals surface area contributed by atoms with Gasteiger partial charge in [-0.1, -0.05) is 334 Å². The summed E-state index contributed by atoms with van der Waals surface area (Å²) in [7, 11) is 0. The molecule has 6 heteroatoms. The lowest BCUT2D eigenvalue weighted by Crippen LogP contribution is -2.45. The van der Waals surface area contributed by atoms with E-state index in [1.807, 2.05) is 0 Å². The molecule has 0 aromatic rings. The maximum absolute atomic E-state index is 12.5. The number of esters is 1. The van der Waals surface area contributed by atoms with Crippen molar-refractivity contribution >= 4 is 11.9 Å². The van der Waals surface area contributed by atoms with Gasteiger partial charge in [-0.25, -0.2) is 0 Å². The molecule has 0 spiro atoms. The monoisotopic (exact) mass is 1040 g/mol. The van der Waals surface area contributed by atoms with Crippen molar-refractivity contribution in [3.63, 3.8) is 0 Å². The Morgan fingerprint density at radius 2 is 0.635 bits per heavy atom. The zero-order valence-electron chi connectivity index (χ0n) is 50.4.